The lowest BCUT2D eigenvalue weighted by molar-refractivity contribution is -0.140. The van der Waals surface area contributed by atoms with Crippen LogP contribution < -0.4 is 5.32 Å². The summed E-state index contributed by atoms with van der Waals surface area (Å²) < 4.78 is 0. The first-order valence-electron chi connectivity index (χ1n) is 10.5. The van der Waals surface area contributed by atoms with Crippen molar-refractivity contribution in [1.29, 1.82) is 0 Å². The predicted molar refractivity (Wildman–Crippen MR) is 120 cm³/mol. The minimum Gasteiger partial charge on any atom is -0.400 e. The van der Waals surface area contributed by atoms with Crippen molar-refractivity contribution >= 4 is 28.4 Å². The summed E-state index contributed by atoms with van der Waals surface area (Å²) in [5.74, 6) is -0.610. The fourth-order valence-electron chi connectivity index (χ4n) is 3.31. The normalized spacial score (nSPS) is 16.3. The number of hydrogen-bond donors (Lipinski definition) is 5. The average Bonchev–Trinajstić information content (AvgIpc) is 3.15. The minimum atomic E-state index is -1.17. The molecule has 1 aliphatic heterocycles. The van der Waals surface area contributed by atoms with Crippen LogP contribution in [0.25, 0.3) is 10.9 Å². The van der Waals surface area contributed by atoms with Crippen LogP contribution in [0, 0.1) is 0 Å². The molecule has 1 aromatic carbocycles. The Bertz CT molecular complexity index is 922. The van der Waals surface area contributed by atoms with E-state index in [0.717, 1.165) is 30.0 Å². The smallest absolute Gasteiger partial charge is 0.261 e. The fourth-order valence-corrected chi connectivity index (χ4v) is 3.31. The first kappa shape index (κ1) is 25.3. The van der Waals surface area contributed by atoms with Gasteiger partial charge in [-0.05, 0) is 31.9 Å². The predicted octanol–water partition coefficient (Wildman–Crippen LogP) is 0.170. The molecule has 1 saturated heterocycles. The van der Waals surface area contributed by atoms with Crippen molar-refractivity contribution in [2.24, 2.45) is 5.16 Å². The van der Waals surface area contributed by atoms with Gasteiger partial charge in [0.1, 0.15) is 12.1 Å². The molecule has 3 atom stereocenters. The number of amides is 2. The van der Waals surface area contributed by atoms with Gasteiger partial charge in [0.05, 0.1) is 11.8 Å². The number of benzene rings is 1. The zero-order valence-corrected chi connectivity index (χ0v) is 18.6. The van der Waals surface area contributed by atoms with Crippen molar-refractivity contribution in [1.82, 2.24) is 15.2 Å². The molecular weight excluding hydrogens is 416 g/mol. The van der Waals surface area contributed by atoms with Crippen LogP contribution in [0.2, 0.25) is 0 Å². The number of rotatable bonds is 9. The first-order chi connectivity index (χ1) is 15.4. The van der Waals surface area contributed by atoms with Crippen molar-refractivity contribution in [3.63, 3.8) is 0 Å². The average molecular weight is 449 g/mol. The highest BCUT2D eigenvalue weighted by atomic mass is 16.6. The van der Waals surface area contributed by atoms with E-state index in [9.17, 15) is 19.8 Å². The van der Waals surface area contributed by atoms with Crippen molar-refractivity contribution in [3.05, 3.63) is 36.0 Å². The van der Waals surface area contributed by atoms with E-state index >= 15 is 0 Å². The number of oxime groups is 1. The van der Waals surface area contributed by atoms with Crippen LogP contribution in [0.4, 0.5) is 0 Å². The topological polar surface area (TPSA) is 147 Å². The van der Waals surface area contributed by atoms with Gasteiger partial charge in [-0.2, -0.15) is 0 Å². The van der Waals surface area contributed by atoms with Gasteiger partial charge < -0.3 is 35.4 Å². The number of aromatic amines is 1. The van der Waals surface area contributed by atoms with Crippen LogP contribution in [-0.2, 0) is 20.8 Å². The van der Waals surface area contributed by atoms with E-state index in [0.29, 0.717) is 19.5 Å². The summed E-state index contributed by atoms with van der Waals surface area (Å²) in [7, 11) is 1.00. The maximum absolute atomic E-state index is 12.8. The second-order valence-electron chi connectivity index (χ2n) is 7.55. The van der Waals surface area contributed by atoms with Crippen molar-refractivity contribution < 1.29 is 29.7 Å². The van der Waals surface area contributed by atoms with E-state index in [2.05, 4.69) is 15.5 Å². The number of para-hydroxylation sites is 1. The molecular formula is C22H32N4O6. The SMILES string of the molecule is C/C(=N/OCC(=O)NC(Cc1c[nH]c2ccccc12)C(=O)N1CCC1)C(O)C(C)O.CO. The molecule has 2 heterocycles. The van der Waals surface area contributed by atoms with Gasteiger partial charge in [0.25, 0.3) is 5.91 Å². The largest absolute Gasteiger partial charge is 0.400 e. The molecule has 1 fully saturated rings. The second kappa shape index (κ2) is 12.2. The summed E-state index contributed by atoms with van der Waals surface area (Å²) in [5.41, 5.74) is 2.07. The van der Waals surface area contributed by atoms with Crippen LogP contribution in [0.15, 0.2) is 35.6 Å². The monoisotopic (exact) mass is 448 g/mol. The molecule has 0 radical (unpaired) electrons. The molecule has 3 unspecified atom stereocenters. The Morgan fingerprint density at radius 1 is 1.25 bits per heavy atom. The van der Waals surface area contributed by atoms with Gasteiger partial charge >= 0.3 is 0 Å². The van der Waals surface area contributed by atoms with E-state index in [1.165, 1.54) is 13.8 Å². The standard InChI is InChI=1S/C21H28N4O5.CH4O/c1-13(20(28)14(2)26)24-30-12-19(27)23-18(21(29)25-8-5-9-25)10-15-11-22-17-7-4-3-6-16(15)17;1-2/h3-4,6-7,11,14,18,20,22,26,28H,5,8-10,12H2,1-2H3,(H,23,27);2H,1H3/b24-13-;. The molecule has 2 aromatic rings. The highest BCUT2D eigenvalue weighted by molar-refractivity contribution is 5.90. The minimum absolute atomic E-state index is 0.121. The molecule has 2 amide bonds. The highest BCUT2D eigenvalue weighted by Gasteiger charge is 2.30. The summed E-state index contributed by atoms with van der Waals surface area (Å²) in [6, 6.07) is 7.08. The Morgan fingerprint density at radius 2 is 1.94 bits per heavy atom. The van der Waals surface area contributed by atoms with E-state index in [1.54, 1.807) is 4.90 Å². The number of likely N-dealkylation sites (tertiary alicyclic amines) is 1. The Balaban J connectivity index is 0.00000176. The summed E-state index contributed by atoms with van der Waals surface area (Å²) >= 11 is 0. The third-order valence-corrected chi connectivity index (χ3v) is 5.19. The van der Waals surface area contributed by atoms with E-state index < -0.39 is 30.8 Å². The summed E-state index contributed by atoms with van der Waals surface area (Å²) in [4.78, 5) is 35.1. The van der Waals surface area contributed by atoms with Gasteiger partial charge in [0.15, 0.2) is 6.61 Å². The Hall–Kier alpha value is -2.95. The van der Waals surface area contributed by atoms with Crippen LogP contribution in [0.5, 0.6) is 0 Å². The van der Waals surface area contributed by atoms with Gasteiger partial charge in [-0.25, -0.2) is 0 Å². The van der Waals surface area contributed by atoms with Crippen LogP contribution >= 0.6 is 0 Å². The Morgan fingerprint density at radius 3 is 2.56 bits per heavy atom. The van der Waals surface area contributed by atoms with E-state index in [-0.39, 0.29) is 11.6 Å². The molecule has 3 rings (SSSR count). The number of carbonyl (C=O) groups excluding carboxylic acids is 2. The fraction of sp³-hybridized carbons (Fsp3) is 0.500. The zero-order valence-electron chi connectivity index (χ0n) is 18.6. The molecule has 5 N–H and O–H groups in total. The second-order valence-corrected chi connectivity index (χ2v) is 7.55. The van der Waals surface area contributed by atoms with Gasteiger partial charge in [-0.3, -0.25) is 9.59 Å². The number of nitrogens with one attached hydrogen (secondary N) is 2. The molecule has 10 nitrogen and oxygen atoms in total. The zero-order chi connectivity index (χ0) is 23.7. The summed E-state index contributed by atoms with van der Waals surface area (Å²) in [5, 5.41) is 33.5. The molecule has 32 heavy (non-hydrogen) atoms. The van der Waals surface area contributed by atoms with E-state index in [1.807, 2.05) is 30.5 Å². The molecule has 1 aliphatic rings. The molecule has 176 valence electrons. The number of aliphatic hydroxyl groups excluding tert-OH is 3. The van der Waals surface area contributed by atoms with Gasteiger partial charge in [0.2, 0.25) is 5.91 Å². The number of aliphatic hydroxyl groups is 3. The van der Waals surface area contributed by atoms with Crippen LogP contribution in [-0.4, -0.2) is 87.8 Å². The third-order valence-electron chi connectivity index (χ3n) is 5.19. The molecule has 0 spiro atoms. The highest BCUT2D eigenvalue weighted by Crippen LogP contribution is 2.20. The Labute approximate surface area is 186 Å². The first-order valence-corrected chi connectivity index (χ1v) is 10.5. The van der Waals surface area contributed by atoms with Gasteiger partial charge in [-0.1, -0.05) is 23.4 Å². The summed E-state index contributed by atoms with van der Waals surface area (Å²) in [6.07, 6.45) is 1.00. The quantitative estimate of drug-likeness (QED) is 0.273. The molecule has 1 aromatic heterocycles. The van der Waals surface area contributed by atoms with Crippen molar-refractivity contribution in [3.8, 4) is 0 Å². The molecule has 0 aliphatic carbocycles. The third kappa shape index (κ3) is 6.52. The van der Waals surface area contributed by atoms with Crippen molar-refractivity contribution in [2.75, 3.05) is 26.8 Å². The Kier molecular flexibility index (Phi) is 9.63. The number of H-pyrrole nitrogens is 1. The molecule has 10 heteroatoms. The number of hydrogen-bond acceptors (Lipinski definition) is 7. The maximum atomic E-state index is 12.8. The number of fused-ring (bicyclic) bond motifs is 1. The van der Waals surface area contributed by atoms with Gasteiger partial charge in [0, 0.05) is 43.7 Å². The lowest BCUT2D eigenvalue weighted by atomic mass is 10.0. The lowest BCUT2D eigenvalue weighted by Crippen LogP contribution is -2.54. The van der Waals surface area contributed by atoms with E-state index in [4.69, 9.17) is 9.94 Å². The molecule has 0 saturated carbocycles. The van der Waals surface area contributed by atoms with Crippen LogP contribution in [0.1, 0.15) is 25.8 Å². The number of aromatic nitrogens is 1. The lowest BCUT2D eigenvalue weighted by Gasteiger charge is -2.34. The summed E-state index contributed by atoms with van der Waals surface area (Å²) in [6.45, 7) is 3.89. The number of carbonyl (C=O) groups is 2. The number of nitrogens with zero attached hydrogens (tertiary/aromatic N) is 2. The van der Waals surface area contributed by atoms with Gasteiger partial charge in [-0.15, -0.1) is 0 Å². The van der Waals surface area contributed by atoms with Crippen molar-refractivity contribution in [2.45, 2.75) is 44.9 Å². The van der Waals surface area contributed by atoms with Crippen LogP contribution in [0.3, 0.4) is 0 Å². The molecule has 0 bridgehead atoms. The maximum Gasteiger partial charge on any atom is 0.261 e.